The number of aromatic nitrogens is 1. The highest BCUT2D eigenvalue weighted by atomic mass is 16.4. The van der Waals surface area contributed by atoms with Gasteiger partial charge in [-0.3, -0.25) is 4.79 Å². The van der Waals surface area contributed by atoms with Gasteiger partial charge in [0.05, 0.1) is 17.6 Å². The monoisotopic (exact) mass is 275 g/mol. The first kappa shape index (κ1) is 16.0. The number of hydrogen-bond acceptors (Lipinski definition) is 4. The smallest absolute Gasteiger partial charge is 0.306 e. The molecule has 0 saturated carbocycles. The molecule has 1 heterocycles. The van der Waals surface area contributed by atoms with Crippen molar-refractivity contribution < 1.29 is 9.90 Å². The fraction of sp³-hybridized carbons (Fsp3) is 0.533. The number of nitriles is 1. The van der Waals surface area contributed by atoms with E-state index in [1.807, 2.05) is 13.8 Å². The number of carboxylic acid groups (broad SMARTS) is 1. The number of anilines is 1. The van der Waals surface area contributed by atoms with Crippen LogP contribution in [0.4, 0.5) is 5.82 Å². The van der Waals surface area contributed by atoms with Gasteiger partial charge in [0, 0.05) is 11.7 Å². The number of carbonyl (C=O) groups is 1. The molecule has 2 N–H and O–H groups in total. The quantitative estimate of drug-likeness (QED) is 0.799. The molecule has 0 aliphatic heterocycles. The highest BCUT2D eigenvalue weighted by Gasteiger charge is 2.11. The molecule has 1 aromatic rings. The zero-order chi connectivity index (χ0) is 15.1. The lowest BCUT2D eigenvalue weighted by atomic mass is 10.0. The molecule has 20 heavy (non-hydrogen) atoms. The van der Waals surface area contributed by atoms with Crippen LogP contribution in [0.5, 0.6) is 0 Å². The van der Waals surface area contributed by atoms with Crippen LogP contribution in [0, 0.1) is 24.2 Å². The molecule has 2 atom stereocenters. The average molecular weight is 275 g/mol. The zero-order valence-electron chi connectivity index (χ0n) is 12.2. The highest BCUT2D eigenvalue weighted by Crippen LogP contribution is 2.14. The third-order valence-corrected chi connectivity index (χ3v) is 3.17. The number of carboxylic acids is 1. The van der Waals surface area contributed by atoms with Crippen LogP contribution in [0.15, 0.2) is 12.1 Å². The topological polar surface area (TPSA) is 86.0 Å². The number of rotatable bonds is 7. The number of aliphatic carboxylic acids is 1. The number of nitrogens with zero attached hydrogens (tertiary/aromatic N) is 2. The summed E-state index contributed by atoms with van der Waals surface area (Å²) in [5, 5.41) is 21.0. The Morgan fingerprint density at radius 2 is 2.15 bits per heavy atom. The minimum absolute atomic E-state index is 0.192. The molecule has 108 valence electrons. The Morgan fingerprint density at radius 3 is 2.75 bits per heavy atom. The van der Waals surface area contributed by atoms with Crippen molar-refractivity contribution in [1.29, 1.82) is 5.26 Å². The predicted octanol–water partition coefficient (Wildman–Crippen LogP) is 2.95. The van der Waals surface area contributed by atoms with E-state index in [0.717, 1.165) is 18.5 Å². The summed E-state index contributed by atoms with van der Waals surface area (Å²) in [6.45, 7) is 5.61. The van der Waals surface area contributed by atoms with E-state index in [4.69, 9.17) is 10.4 Å². The van der Waals surface area contributed by atoms with Gasteiger partial charge in [0.15, 0.2) is 0 Å². The van der Waals surface area contributed by atoms with Crippen molar-refractivity contribution in [2.45, 2.75) is 46.1 Å². The number of pyridine rings is 1. The molecule has 5 heteroatoms. The van der Waals surface area contributed by atoms with Gasteiger partial charge in [0.25, 0.3) is 0 Å². The minimum atomic E-state index is -0.746. The summed E-state index contributed by atoms with van der Waals surface area (Å²) < 4.78 is 0. The van der Waals surface area contributed by atoms with Gasteiger partial charge in [0.1, 0.15) is 5.82 Å². The molecule has 2 unspecified atom stereocenters. The Balaban J connectivity index is 2.46. The molecule has 0 radical (unpaired) electrons. The van der Waals surface area contributed by atoms with Gasteiger partial charge in [-0.05, 0) is 38.8 Å². The Morgan fingerprint density at radius 1 is 1.45 bits per heavy atom. The molecule has 0 bridgehead atoms. The second-order valence-corrected chi connectivity index (χ2v) is 5.21. The molecule has 1 rings (SSSR count). The maximum Gasteiger partial charge on any atom is 0.306 e. The lowest BCUT2D eigenvalue weighted by Crippen LogP contribution is -2.17. The summed E-state index contributed by atoms with van der Waals surface area (Å²) in [4.78, 5) is 15.1. The minimum Gasteiger partial charge on any atom is -0.481 e. The van der Waals surface area contributed by atoms with E-state index >= 15 is 0 Å². The number of aryl methyl sites for hydroxylation is 1. The van der Waals surface area contributed by atoms with E-state index in [9.17, 15) is 4.79 Å². The molecule has 0 aliphatic rings. The van der Waals surface area contributed by atoms with Gasteiger partial charge in [-0.15, -0.1) is 0 Å². The first-order chi connectivity index (χ1) is 9.42. The largest absolute Gasteiger partial charge is 0.481 e. The normalized spacial score (nSPS) is 13.3. The molecule has 0 spiro atoms. The van der Waals surface area contributed by atoms with Crippen molar-refractivity contribution in [2.24, 2.45) is 5.92 Å². The van der Waals surface area contributed by atoms with E-state index in [1.165, 1.54) is 0 Å². The summed E-state index contributed by atoms with van der Waals surface area (Å²) in [5.41, 5.74) is 1.39. The standard InChI is InChI=1S/C15H21N3O2/c1-10(15(19)20)5-4-6-11(2)17-14-8-13(9-16)7-12(3)18-14/h7-8,10-11H,4-6H2,1-3H3,(H,17,18)(H,19,20). The lowest BCUT2D eigenvalue weighted by molar-refractivity contribution is -0.141. The Hall–Kier alpha value is -2.09. The third kappa shape index (κ3) is 5.27. The molecular formula is C15H21N3O2. The maximum atomic E-state index is 10.7. The first-order valence-electron chi connectivity index (χ1n) is 6.80. The van der Waals surface area contributed by atoms with E-state index in [1.54, 1.807) is 19.1 Å². The Bertz CT molecular complexity index is 508. The average Bonchev–Trinajstić information content (AvgIpc) is 2.37. The van der Waals surface area contributed by atoms with Crippen LogP contribution >= 0.6 is 0 Å². The van der Waals surface area contributed by atoms with Crippen molar-refractivity contribution in [3.63, 3.8) is 0 Å². The van der Waals surface area contributed by atoms with Crippen molar-refractivity contribution in [3.05, 3.63) is 23.4 Å². The van der Waals surface area contributed by atoms with Gasteiger partial charge in [-0.2, -0.15) is 5.26 Å². The van der Waals surface area contributed by atoms with E-state index in [-0.39, 0.29) is 12.0 Å². The Kier molecular flexibility index (Phi) is 5.98. The van der Waals surface area contributed by atoms with Crippen molar-refractivity contribution in [1.82, 2.24) is 4.98 Å². The Labute approximate surface area is 119 Å². The molecule has 5 nitrogen and oxygen atoms in total. The van der Waals surface area contributed by atoms with Gasteiger partial charge < -0.3 is 10.4 Å². The van der Waals surface area contributed by atoms with Gasteiger partial charge in [0.2, 0.25) is 0 Å². The summed E-state index contributed by atoms with van der Waals surface area (Å²) in [7, 11) is 0. The van der Waals surface area contributed by atoms with E-state index in [0.29, 0.717) is 17.8 Å². The van der Waals surface area contributed by atoms with Crippen LogP contribution in [0.2, 0.25) is 0 Å². The lowest BCUT2D eigenvalue weighted by Gasteiger charge is -2.15. The van der Waals surface area contributed by atoms with Crippen molar-refractivity contribution in [2.75, 3.05) is 5.32 Å². The molecule has 0 aliphatic carbocycles. The van der Waals surface area contributed by atoms with Crippen LogP contribution in [-0.2, 0) is 4.79 Å². The van der Waals surface area contributed by atoms with Crippen LogP contribution in [0.25, 0.3) is 0 Å². The molecule has 0 amide bonds. The molecular weight excluding hydrogens is 254 g/mol. The highest BCUT2D eigenvalue weighted by molar-refractivity contribution is 5.69. The van der Waals surface area contributed by atoms with Crippen LogP contribution < -0.4 is 5.32 Å². The second kappa shape index (κ2) is 7.49. The molecule has 0 aromatic carbocycles. The second-order valence-electron chi connectivity index (χ2n) is 5.21. The van der Waals surface area contributed by atoms with Crippen LogP contribution in [0.3, 0.4) is 0 Å². The first-order valence-corrected chi connectivity index (χ1v) is 6.80. The van der Waals surface area contributed by atoms with Gasteiger partial charge >= 0.3 is 5.97 Å². The molecule has 0 fully saturated rings. The van der Waals surface area contributed by atoms with E-state index in [2.05, 4.69) is 16.4 Å². The maximum absolute atomic E-state index is 10.7. The fourth-order valence-corrected chi connectivity index (χ4v) is 1.99. The molecule has 1 aromatic heterocycles. The third-order valence-electron chi connectivity index (χ3n) is 3.17. The van der Waals surface area contributed by atoms with E-state index < -0.39 is 5.97 Å². The SMILES string of the molecule is Cc1cc(C#N)cc(NC(C)CCCC(C)C(=O)O)n1. The fourth-order valence-electron chi connectivity index (χ4n) is 1.99. The predicted molar refractivity (Wildman–Crippen MR) is 77.4 cm³/mol. The zero-order valence-corrected chi connectivity index (χ0v) is 12.2. The summed E-state index contributed by atoms with van der Waals surface area (Å²) >= 11 is 0. The van der Waals surface area contributed by atoms with Gasteiger partial charge in [-0.1, -0.05) is 13.3 Å². The number of nitrogens with one attached hydrogen (secondary N) is 1. The summed E-state index contributed by atoms with van der Waals surface area (Å²) in [5.74, 6) is -0.352. The number of hydrogen-bond donors (Lipinski definition) is 2. The summed E-state index contributed by atoms with van der Waals surface area (Å²) in [6.07, 6.45) is 2.39. The van der Waals surface area contributed by atoms with Crippen LogP contribution in [0.1, 0.15) is 44.4 Å². The van der Waals surface area contributed by atoms with Crippen molar-refractivity contribution >= 4 is 11.8 Å². The summed E-state index contributed by atoms with van der Waals surface area (Å²) in [6, 6.07) is 5.76. The van der Waals surface area contributed by atoms with Crippen molar-refractivity contribution in [3.8, 4) is 6.07 Å². The van der Waals surface area contributed by atoms with Gasteiger partial charge in [-0.25, -0.2) is 4.98 Å². The molecule has 0 saturated heterocycles. The van der Waals surface area contributed by atoms with Crippen LogP contribution in [-0.4, -0.2) is 22.1 Å².